The van der Waals surface area contributed by atoms with Crippen LogP contribution in [0.1, 0.15) is 52.4 Å². The molecule has 6 heteroatoms. The topological polar surface area (TPSA) is 61.4 Å². The molecule has 5 nitrogen and oxygen atoms in total. The van der Waals surface area contributed by atoms with Crippen LogP contribution in [0.5, 0.6) is 0 Å². The smallest absolute Gasteiger partial charge is 0.225 e. The molecule has 0 bridgehead atoms. The number of amides is 2. The minimum Gasteiger partial charge on any atom is -0.352 e. The number of piperidine rings is 1. The summed E-state index contributed by atoms with van der Waals surface area (Å²) in [5.41, 5.74) is 0. The summed E-state index contributed by atoms with van der Waals surface area (Å²) >= 11 is 0. The highest BCUT2D eigenvalue weighted by Gasteiger charge is 2.39. The number of hydrogen-bond acceptors (Lipinski definition) is 3. The Morgan fingerprint density at radius 3 is 2.54 bits per heavy atom. The van der Waals surface area contributed by atoms with E-state index in [4.69, 9.17) is 0 Å². The molecule has 2 aliphatic heterocycles. The molecule has 0 aromatic rings. The molecule has 2 amide bonds. The van der Waals surface area contributed by atoms with E-state index in [1.54, 1.807) is 0 Å². The molecule has 0 spiro atoms. The maximum Gasteiger partial charge on any atom is 0.225 e. The normalized spacial score (nSPS) is 37.0. The van der Waals surface area contributed by atoms with E-state index in [0.29, 0.717) is 24.9 Å². The van der Waals surface area contributed by atoms with Gasteiger partial charge >= 0.3 is 0 Å². The van der Waals surface area contributed by atoms with Gasteiger partial charge in [0.1, 0.15) is 0 Å². The molecule has 2 heterocycles. The summed E-state index contributed by atoms with van der Waals surface area (Å²) in [4.78, 5) is 26.9. The van der Waals surface area contributed by atoms with E-state index < -0.39 is 0 Å². The van der Waals surface area contributed by atoms with Crippen LogP contribution in [0.4, 0.5) is 0 Å². The fourth-order valence-corrected chi connectivity index (χ4v) is 4.30. The molecule has 0 aromatic heterocycles. The van der Waals surface area contributed by atoms with Gasteiger partial charge in [-0.15, -0.1) is 12.4 Å². The zero-order chi connectivity index (χ0) is 16.4. The molecule has 2 N–H and O–H groups in total. The van der Waals surface area contributed by atoms with E-state index in [2.05, 4.69) is 24.5 Å². The van der Waals surface area contributed by atoms with E-state index in [9.17, 15) is 9.59 Å². The van der Waals surface area contributed by atoms with Gasteiger partial charge in [0.2, 0.25) is 11.8 Å². The number of carbonyl (C=O) groups excluding carboxylic acids is 2. The SMILES string of the molecule is CC1CCC(N2CC(C(=O)NC3CNCCC3C)CC2=O)CC1.Cl. The Hall–Kier alpha value is -0.810. The predicted octanol–water partition coefficient (Wildman–Crippen LogP) is 1.95. The molecule has 3 unspecified atom stereocenters. The fourth-order valence-electron chi connectivity index (χ4n) is 4.30. The number of hydrogen-bond donors (Lipinski definition) is 2. The number of nitrogens with zero attached hydrogens (tertiary/aromatic N) is 1. The first kappa shape index (κ1) is 19.5. The fraction of sp³-hybridized carbons (Fsp3) is 0.889. The second-order valence-electron chi connectivity index (χ2n) is 7.95. The maximum atomic E-state index is 12.6. The van der Waals surface area contributed by atoms with Crippen molar-refractivity contribution in [3.8, 4) is 0 Å². The molecule has 2 saturated heterocycles. The quantitative estimate of drug-likeness (QED) is 0.811. The van der Waals surface area contributed by atoms with Crippen LogP contribution >= 0.6 is 12.4 Å². The van der Waals surface area contributed by atoms with Crippen LogP contribution < -0.4 is 10.6 Å². The van der Waals surface area contributed by atoms with Crippen molar-refractivity contribution in [1.29, 1.82) is 0 Å². The Balaban J connectivity index is 0.00000208. The van der Waals surface area contributed by atoms with Gasteiger partial charge < -0.3 is 15.5 Å². The number of rotatable bonds is 3. The summed E-state index contributed by atoms with van der Waals surface area (Å²) in [6.45, 7) is 6.98. The Bertz CT molecular complexity index is 452. The third kappa shape index (κ3) is 4.42. The zero-order valence-corrected chi connectivity index (χ0v) is 15.7. The number of halogens is 1. The molecule has 138 valence electrons. The number of likely N-dealkylation sites (tertiary alicyclic amines) is 1. The van der Waals surface area contributed by atoms with Crippen molar-refractivity contribution in [3.63, 3.8) is 0 Å². The molecule has 3 fully saturated rings. The summed E-state index contributed by atoms with van der Waals surface area (Å²) in [6.07, 6.45) is 6.11. The van der Waals surface area contributed by atoms with Crippen molar-refractivity contribution >= 4 is 24.2 Å². The van der Waals surface area contributed by atoms with E-state index in [-0.39, 0.29) is 36.2 Å². The lowest BCUT2D eigenvalue weighted by Crippen LogP contribution is -2.51. The van der Waals surface area contributed by atoms with Crippen molar-refractivity contribution in [3.05, 3.63) is 0 Å². The van der Waals surface area contributed by atoms with Gasteiger partial charge in [-0.25, -0.2) is 0 Å². The van der Waals surface area contributed by atoms with Gasteiger partial charge in [-0.2, -0.15) is 0 Å². The third-order valence-corrected chi connectivity index (χ3v) is 6.11. The molecule has 1 aliphatic carbocycles. The summed E-state index contributed by atoms with van der Waals surface area (Å²) in [6, 6.07) is 0.572. The van der Waals surface area contributed by atoms with E-state index in [1.165, 1.54) is 12.8 Å². The minimum absolute atomic E-state index is 0. The largest absolute Gasteiger partial charge is 0.352 e. The first-order valence-corrected chi connectivity index (χ1v) is 9.35. The summed E-state index contributed by atoms with van der Waals surface area (Å²) in [7, 11) is 0. The molecule has 3 atom stereocenters. The average Bonchev–Trinajstić information content (AvgIpc) is 2.92. The molecule has 24 heavy (non-hydrogen) atoms. The number of carbonyl (C=O) groups is 2. The summed E-state index contributed by atoms with van der Waals surface area (Å²) in [5.74, 6) is 1.39. The molecule has 3 rings (SSSR count). The van der Waals surface area contributed by atoms with Crippen LogP contribution in [-0.2, 0) is 9.59 Å². The monoisotopic (exact) mass is 357 g/mol. The van der Waals surface area contributed by atoms with Gasteiger partial charge in [0, 0.05) is 31.6 Å². The Morgan fingerprint density at radius 1 is 1.17 bits per heavy atom. The van der Waals surface area contributed by atoms with Gasteiger partial charge in [-0.05, 0) is 50.5 Å². The minimum atomic E-state index is -0.157. The van der Waals surface area contributed by atoms with Gasteiger partial charge in [-0.1, -0.05) is 13.8 Å². The van der Waals surface area contributed by atoms with Crippen LogP contribution in [0, 0.1) is 17.8 Å². The second-order valence-corrected chi connectivity index (χ2v) is 7.95. The lowest BCUT2D eigenvalue weighted by Gasteiger charge is -2.34. The molecule has 3 aliphatic rings. The van der Waals surface area contributed by atoms with Crippen LogP contribution in [0.2, 0.25) is 0 Å². The van der Waals surface area contributed by atoms with Crippen LogP contribution in [0.25, 0.3) is 0 Å². The van der Waals surface area contributed by atoms with Crippen LogP contribution in [-0.4, -0.2) is 48.4 Å². The lowest BCUT2D eigenvalue weighted by atomic mass is 9.86. The maximum absolute atomic E-state index is 12.6. The third-order valence-electron chi connectivity index (χ3n) is 6.11. The van der Waals surface area contributed by atoms with E-state index in [1.807, 2.05) is 4.90 Å². The van der Waals surface area contributed by atoms with Crippen molar-refractivity contribution < 1.29 is 9.59 Å². The highest BCUT2D eigenvalue weighted by molar-refractivity contribution is 5.89. The molecule has 1 saturated carbocycles. The van der Waals surface area contributed by atoms with Crippen molar-refractivity contribution in [2.75, 3.05) is 19.6 Å². The van der Waals surface area contributed by atoms with Crippen molar-refractivity contribution in [1.82, 2.24) is 15.5 Å². The van der Waals surface area contributed by atoms with Gasteiger partial charge in [-0.3, -0.25) is 9.59 Å². The zero-order valence-electron chi connectivity index (χ0n) is 14.9. The van der Waals surface area contributed by atoms with E-state index >= 15 is 0 Å². The second kappa shape index (κ2) is 8.52. The summed E-state index contributed by atoms with van der Waals surface area (Å²) < 4.78 is 0. The number of nitrogens with one attached hydrogen (secondary N) is 2. The Morgan fingerprint density at radius 2 is 1.88 bits per heavy atom. The van der Waals surface area contributed by atoms with Crippen molar-refractivity contribution in [2.45, 2.75) is 64.5 Å². The Labute approximate surface area is 151 Å². The Kier molecular flexibility index (Phi) is 6.93. The average molecular weight is 358 g/mol. The van der Waals surface area contributed by atoms with Crippen LogP contribution in [0.3, 0.4) is 0 Å². The van der Waals surface area contributed by atoms with Gasteiger partial charge in [0.15, 0.2) is 0 Å². The predicted molar refractivity (Wildman–Crippen MR) is 97.1 cm³/mol. The molecule has 0 radical (unpaired) electrons. The highest BCUT2D eigenvalue weighted by Crippen LogP contribution is 2.31. The lowest BCUT2D eigenvalue weighted by molar-refractivity contribution is -0.131. The van der Waals surface area contributed by atoms with E-state index in [0.717, 1.165) is 38.3 Å². The highest BCUT2D eigenvalue weighted by atomic mass is 35.5. The standard InChI is InChI=1S/C18H31N3O2.ClH/c1-12-3-5-15(6-4-12)21-11-14(9-17(21)22)18(23)20-16-10-19-8-7-13(16)2;/h12-16,19H,3-11H2,1-2H3,(H,20,23);1H. The molecule has 0 aromatic carbocycles. The van der Waals surface area contributed by atoms with Crippen LogP contribution in [0.15, 0.2) is 0 Å². The first-order chi connectivity index (χ1) is 11.0. The van der Waals surface area contributed by atoms with Gasteiger partial charge in [0.05, 0.1) is 5.92 Å². The molecular formula is C18H32ClN3O2. The van der Waals surface area contributed by atoms with Gasteiger partial charge in [0.25, 0.3) is 0 Å². The van der Waals surface area contributed by atoms with Crippen molar-refractivity contribution in [2.24, 2.45) is 17.8 Å². The first-order valence-electron chi connectivity index (χ1n) is 9.35. The molecular weight excluding hydrogens is 326 g/mol. The summed E-state index contributed by atoms with van der Waals surface area (Å²) in [5, 5.41) is 6.52.